The number of nitrogens with zero attached hydrogens (tertiary/aromatic N) is 1. The van der Waals surface area contributed by atoms with E-state index in [0.717, 1.165) is 0 Å². The van der Waals surface area contributed by atoms with Gasteiger partial charge in [0.05, 0.1) is 21.9 Å². The normalized spacial score (nSPS) is 17.6. The Labute approximate surface area is 240 Å². The van der Waals surface area contributed by atoms with Gasteiger partial charge in [0.15, 0.2) is 9.84 Å². The number of amides is 2. The van der Waals surface area contributed by atoms with Crippen LogP contribution in [0.2, 0.25) is 0 Å². The van der Waals surface area contributed by atoms with Crippen molar-refractivity contribution in [2.45, 2.75) is 75.6 Å². The first-order chi connectivity index (χ1) is 19.2. The molecular weight excluding hydrogens is 544 g/mol. The molecule has 1 aliphatic carbocycles. The number of hydrogen-bond donors (Lipinski definition) is 5. The van der Waals surface area contributed by atoms with Crippen LogP contribution in [-0.4, -0.2) is 54.3 Å². The molecule has 0 radical (unpaired) electrons. The first kappa shape index (κ1) is 29.9. The molecule has 0 atom stereocenters. The molecule has 0 unspecified atom stereocenters. The maximum absolute atomic E-state index is 13.6. The fraction of sp³-hybridized carbons (Fsp3) is 0.414. The van der Waals surface area contributed by atoms with Crippen molar-refractivity contribution >= 4 is 44.3 Å². The van der Waals surface area contributed by atoms with E-state index in [1.807, 2.05) is 20.8 Å². The Morgan fingerprint density at radius 2 is 1.63 bits per heavy atom. The Bertz CT molecular complexity index is 1550. The summed E-state index contributed by atoms with van der Waals surface area (Å²) in [5, 5.41) is 14.4. The molecular formula is C29H38N6O5S. The van der Waals surface area contributed by atoms with Crippen LogP contribution in [0.1, 0.15) is 62.5 Å². The molecule has 1 saturated carbocycles. The number of nitrogens with one attached hydrogen (secondary N) is 3. The van der Waals surface area contributed by atoms with Crippen molar-refractivity contribution in [3.8, 4) is 0 Å². The Morgan fingerprint density at radius 3 is 2.22 bits per heavy atom. The van der Waals surface area contributed by atoms with E-state index in [9.17, 15) is 18.0 Å². The zero-order chi connectivity index (χ0) is 29.9. The molecule has 0 saturated heterocycles. The predicted molar refractivity (Wildman–Crippen MR) is 159 cm³/mol. The van der Waals surface area contributed by atoms with E-state index < -0.39 is 27.4 Å². The van der Waals surface area contributed by atoms with Crippen molar-refractivity contribution in [3.63, 3.8) is 0 Å². The second kappa shape index (κ2) is 11.8. The van der Waals surface area contributed by atoms with Gasteiger partial charge in [0.1, 0.15) is 17.1 Å². The molecule has 7 N–H and O–H groups in total. The minimum absolute atomic E-state index is 0.0262. The lowest BCUT2D eigenvalue weighted by molar-refractivity contribution is 0.0487. The summed E-state index contributed by atoms with van der Waals surface area (Å²) in [5.74, 6) is -0.826. The van der Waals surface area contributed by atoms with Gasteiger partial charge in [-0.3, -0.25) is 10.2 Å². The fourth-order valence-corrected chi connectivity index (χ4v) is 6.32. The number of amidine groups is 1. The summed E-state index contributed by atoms with van der Waals surface area (Å²) in [6.07, 6.45) is 2.16. The number of aromatic nitrogens is 1. The van der Waals surface area contributed by atoms with Crippen molar-refractivity contribution in [1.82, 2.24) is 15.2 Å². The van der Waals surface area contributed by atoms with E-state index in [-0.39, 0.29) is 46.5 Å². The molecule has 4 rings (SSSR count). The van der Waals surface area contributed by atoms with E-state index in [1.165, 1.54) is 12.1 Å². The Morgan fingerprint density at radius 1 is 1.02 bits per heavy atom. The summed E-state index contributed by atoms with van der Waals surface area (Å²) < 4.78 is 33.1. The van der Waals surface area contributed by atoms with Gasteiger partial charge in [-0.05, 0) is 70.7 Å². The average molecular weight is 583 g/mol. The molecule has 2 amide bonds. The van der Waals surface area contributed by atoms with Crippen LogP contribution in [0.25, 0.3) is 10.9 Å². The van der Waals surface area contributed by atoms with Crippen LogP contribution in [0.3, 0.4) is 0 Å². The van der Waals surface area contributed by atoms with Gasteiger partial charge < -0.3 is 31.4 Å². The van der Waals surface area contributed by atoms with Crippen LogP contribution in [0, 0.1) is 5.41 Å². The van der Waals surface area contributed by atoms with Gasteiger partial charge in [0.2, 0.25) is 0 Å². The number of aryl methyl sites for hydroxylation is 1. The molecule has 1 heterocycles. The molecule has 1 fully saturated rings. The summed E-state index contributed by atoms with van der Waals surface area (Å²) in [7, 11) is -3.65. The molecule has 41 heavy (non-hydrogen) atoms. The Balaban J connectivity index is 1.54. The highest BCUT2D eigenvalue weighted by atomic mass is 32.2. The highest BCUT2D eigenvalue weighted by Crippen LogP contribution is 2.31. The summed E-state index contributed by atoms with van der Waals surface area (Å²) >= 11 is 0. The van der Waals surface area contributed by atoms with E-state index in [4.69, 9.17) is 21.6 Å². The van der Waals surface area contributed by atoms with Gasteiger partial charge in [-0.1, -0.05) is 24.3 Å². The number of carbonyl (C=O) groups is 2. The van der Waals surface area contributed by atoms with Crippen LogP contribution in [-0.2, 0) is 21.1 Å². The summed E-state index contributed by atoms with van der Waals surface area (Å²) in [6.45, 7) is 5.40. The number of ether oxygens (including phenoxy) is 1. The molecule has 2 aromatic carbocycles. The largest absolute Gasteiger partial charge is 0.444 e. The van der Waals surface area contributed by atoms with Gasteiger partial charge in [-0.2, -0.15) is 0 Å². The number of rotatable bonds is 8. The quantitative estimate of drug-likeness (QED) is 0.199. The van der Waals surface area contributed by atoms with Crippen molar-refractivity contribution in [3.05, 3.63) is 59.8 Å². The zero-order valence-electron chi connectivity index (χ0n) is 23.6. The molecule has 0 spiro atoms. The number of benzene rings is 2. The molecule has 12 heteroatoms. The Kier molecular flexibility index (Phi) is 8.62. The van der Waals surface area contributed by atoms with Crippen LogP contribution in [0.15, 0.2) is 53.4 Å². The molecule has 0 aliphatic heterocycles. The SMILES string of the molecule is CC(C)(C)OC(=O)NC1CCC(NC(=O)c2c(N)c3ccc(C(=N)N)cc3n2CCS(=O)(=O)c2ccccc2)CC1. The van der Waals surface area contributed by atoms with E-state index >= 15 is 0 Å². The first-order valence-electron chi connectivity index (χ1n) is 13.6. The number of nitrogen functional groups attached to an aromatic ring is 2. The number of sulfone groups is 1. The minimum atomic E-state index is -3.65. The summed E-state index contributed by atoms with van der Waals surface area (Å²) in [6, 6.07) is 12.9. The molecule has 220 valence electrons. The molecule has 1 aromatic heterocycles. The number of hydrogen-bond acceptors (Lipinski definition) is 7. The summed E-state index contributed by atoms with van der Waals surface area (Å²) in [4.78, 5) is 26.0. The highest BCUT2D eigenvalue weighted by molar-refractivity contribution is 7.91. The molecule has 0 bridgehead atoms. The third-order valence-corrected chi connectivity index (χ3v) is 8.81. The van der Waals surface area contributed by atoms with Gasteiger partial charge in [0.25, 0.3) is 5.91 Å². The van der Waals surface area contributed by atoms with Crippen LogP contribution in [0.4, 0.5) is 10.5 Å². The standard InChI is InChI=1S/C29H38N6O5S/c1-29(2,3)40-28(37)34-20-12-10-19(11-13-20)33-27(36)25-24(30)22-14-9-18(26(31)32)17-23(22)35(25)15-16-41(38,39)21-7-5-4-6-8-21/h4-9,14,17,19-20H,10-13,15-16,30H2,1-3H3,(H3,31,32)(H,33,36)(H,34,37). The zero-order valence-corrected chi connectivity index (χ0v) is 24.4. The topological polar surface area (TPSA) is 182 Å². The van der Waals surface area contributed by atoms with Crippen molar-refractivity contribution in [2.75, 3.05) is 11.5 Å². The average Bonchev–Trinajstić information content (AvgIpc) is 3.19. The number of nitrogens with two attached hydrogens (primary N) is 2. The minimum Gasteiger partial charge on any atom is -0.444 e. The highest BCUT2D eigenvalue weighted by Gasteiger charge is 2.29. The molecule has 1 aliphatic rings. The van der Waals surface area contributed by atoms with Crippen molar-refractivity contribution in [1.29, 1.82) is 5.41 Å². The smallest absolute Gasteiger partial charge is 0.407 e. The molecule has 3 aromatic rings. The van der Waals surface area contributed by atoms with Crippen LogP contribution in [0.5, 0.6) is 0 Å². The maximum Gasteiger partial charge on any atom is 0.407 e. The lowest BCUT2D eigenvalue weighted by Crippen LogP contribution is -2.45. The first-order valence-corrected chi connectivity index (χ1v) is 15.2. The van der Waals surface area contributed by atoms with Gasteiger partial charge in [-0.25, -0.2) is 13.2 Å². The van der Waals surface area contributed by atoms with Crippen LogP contribution < -0.4 is 22.1 Å². The van der Waals surface area contributed by atoms with E-state index in [2.05, 4.69) is 10.6 Å². The summed E-state index contributed by atoms with van der Waals surface area (Å²) in [5.41, 5.74) is 12.9. The third kappa shape index (κ3) is 7.18. The predicted octanol–water partition coefficient (Wildman–Crippen LogP) is 3.55. The van der Waals surface area contributed by atoms with E-state index in [0.29, 0.717) is 42.1 Å². The number of fused-ring (bicyclic) bond motifs is 1. The Hall–Kier alpha value is -4.06. The third-order valence-electron chi connectivity index (χ3n) is 7.10. The maximum atomic E-state index is 13.6. The van der Waals surface area contributed by atoms with Crippen molar-refractivity contribution < 1.29 is 22.7 Å². The molecule has 11 nitrogen and oxygen atoms in total. The fourth-order valence-electron chi connectivity index (χ4n) is 5.09. The van der Waals surface area contributed by atoms with Crippen molar-refractivity contribution in [2.24, 2.45) is 5.73 Å². The second-order valence-corrected chi connectivity index (χ2v) is 13.5. The number of anilines is 1. The second-order valence-electron chi connectivity index (χ2n) is 11.4. The number of alkyl carbamates (subject to hydrolysis) is 1. The number of carbonyl (C=O) groups excluding carboxylic acids is 2. The van der Waals surface area contributed by atoms with Gasteiger partial charge in [0, 0.05) is 29.6 Å². The van der Waals surface area contributed by atoms with E-state index in [1.54, 1.807) is 41.0 Å². The van der Waals surface area contributed by atoms with Crippen LogP contribution >= 0.6 is 0 Å². The lowest BCUT2D eigenvalue weighted by Gasteiger charge is -2.30. The monoisotopic (exact) mass is 582 g/mol. The van der Waals surface area contributed by atoms with Gasteiger partial charge in [-0.15, -0.1) is 0 Å². The van der Waals surface area contributed by atoms with Gasteiger partial charge >= 0.3 is 6.09 Å². The lowest BCUT2D eigenvalue weighted by atomic mass is 9.91.